The summed E-state index contributed by atoms with van der Waals surface area (Å²) in [5.74, 6) is 0. The summed E-state index contributed by atoms with van der Waals surface area (Å²) in [7, 11) is 0. The van der Waals surface area contributed by atoms with Crippen LogP contribution in [0.1, 0.15) is 32.4 Å². The largest absolute Gasteiger partial charge is 0.411 e. The molecule has 0 radical (unpaired) electrons. The van der Waals surface area contributed by atoms with Crippen molar-refractivity contribution in [2.75, 3.05) is 13.2 Å². The Morgan fingerprint density at radius 1 is 1.11 bits per heavy atom. The number of rotatable bonds is 5. The minimum Gasteiger partial charge on any atom is -0.363 e. The van der Waals surface area contributed by atoms with Gasteiger partial charge >= 0.3 is 6.18 Å². The highest BCUT2D eigenvalue weighted by Crippen LogP contribution is 2.22. The van der Waals surface area contributed by atoms with Crippen molar-refractivity contribution in [1.82, 2.24) is 5.32 Å². The van der Waals surface area contributed by atoms with Crippen LogP contribution in [0, 0.1) is 0 Å². The van der Waals surface area contributed by atoms with E-state index in [2.05, 4.69) is 5.32 Å². The zero-order valence-electron chi connectivity index (χ0n) is 11.4. The van der Waals surface area contributed by atoms with Gasteiger partial charge in [-0.05, 0) is 26.3 Å². The summed E-state index contributed by atoms with van der Waals surface area (Å²) in [6.45, 7) is 4.97. The van der Waals surface area contributed by atoms with Crippen molar-refractivity contribution in [3.05, 3.63) is 35.9 Å². The molecule has 0 saturated heterocycles. The molecule has 0 heterocycles. The van der Waals surface area contributed by atoms with Crippen LogP contribution in [-0.2, 0) is 4.74 Å². The average Bonchev–Trinajstić information content (AvgIpc) is 2.27. The first-order valence-corrected chi connectivity index (χ1v) is 6.16. The van der Waals surface area contributed by atoms with Crippen molar-refractivity contribution in [3.63, 3.8) is 0 Å². The molecule has 0 aromatic heterocycles. The van der Waals surface area contributed by atoms with E-state index in [0.717, 1.165) is 5.56 Å². The van der Waals surface area contributed by atoms with Gasteiger partial charge in [0, 0.05) is 12.1 Å². The number of alkyl halides is 3. The van der Waals surface area contributed by atoms with Crippen LogP contribution in [0.15, 0.2) is 30.3 Å². The Kier molecular flexibility index (Phi) is 5.38. The molecule has 0 aliphatic heterocycles. The van der Waals surface area contributed by atoms with E-state index in [1.54, 1.807) is 24.3 Å². The van der Waals surface area contributed by atoms with Gasteiger partial charge in [-0.3, -0.25) is 0 Å². The third-order valence-electron chi connectivity index (χ3n) is 2.44. The molecular weight excluding hydrogens is 255 g/mol. The van der Waals surface area contributed by atoms with Crippen LogP contribution >= 0.6 is 0 Å². The summed E-state index contributed by atoms with van der Waals surface area (Å²) in [6, 6.07) is 8.94. The molecule has 108 valence electrons. The minimum absolute atomic E-state index is 0.172. The average molecular weight is 275 g/mol. The number of nitrogens with one attached hydrogen (secondary N) is 1. The van der Waals surface area contributed by atoms with Crippen LogP contribution in [0.4, 0.5) is 13.2 Å². The van der Waals surface area contributed by atoms with Gasteiger partial charge in [-0.15, -0.1) is 0 Å². The summed E-state index contributed by atoms with van der Waals surface area (Å²) >= 11 is 0. The van der Waals surface area contributed by atoms with Crippen molar-refractivity contribution in [2.24, 2.45) is 0 Å². The van der Waals surface area contributed by atoms with Gasteiger partial charge in [0.1, 0.15) is 6.61 Å². The normalized spacial score (nSPS) is 14.4. The van der Waals surface area contributed by atoms with Crippen LogP contribution < -0.4 is 5.32 Å². The SMILES string of the molecule is CC(C)(C)NCC(OCC(F)(F)F)c1ccccc1. The molecule has 19 heavy (non-hydrogen) atoms. The van der Waals surface area contributed by atoms with Crippen molar-refractivity contribution in [1.29, 1.82) is 0 Å². The van der Waals surface area contributed by atoms with Gasteiger partial charge in [-0.2, -0.15) is 13.2 Å². The maximum atomic E-state index is 12.3. The molecule has 1 atom stereocenters. The van der Waals surface area contributed by atoms with Gasteiger partial charge in [-0.25, -0.2) is 0 Å². The number of benzene rings is 1. The Morgan fingerprint density at radius 2 is 1.68 bits per heavy atom. The number of ether oxygens (including phenoxy) is 1. The second-order valence-corrected chi connectivity index (χ2v) is 5.46. The highest BCUT2D eigenvalue weighted by Gasteiger charge is 2.30. The van der Waals surface area contributed by atoms with E-state index < -0.39 is 18.9 Å². The zero-order valence-corrected chi connectivity index (χ0v) is 11.4. The second-order valence-electron chi connectivity index (χ2n) is 5.46. The van der Waals surface area contributed by atoms with E-state index in [1.807, 2.05) is 26.8 Å². The topological polar surface area (TPSA) is 21.3 Å². The first-order chi connectivity index (χ1) is 8.67. The van der Waals surface area contributed by atoms with Crippen LogP contribution in [0.25, 0.3) is 0 Å². The van der Waals surface area contributed by atoms with Crippen LogP contribution in [0.2, 0.25) is 0 Å². The summed E-state index contributed by atoms with van der Waals surface area (Å²) in [5, 5.41) is 3.16. The molecule has 0 aliphatic carbocycles. The van der Waals surface area contributed by atoms with Gasteiger partial charge in [0.15, 0.2) is 0 Å². The zero-order chi connectivity index (χ0) is 14.5. The van der Waals surface area contributed by atoms with E-state index in [4.69, 9.17) is 4.74 Å². The van der Waals surface area contributed by atoms with Gasteiger partial charge in [-0.1, -0.05) is 30.3 Å². The van der Waals surface area contributed by atoms with Crippen LogP contribution in [0.5, 0.6) is 0 Å². The van der Waals surface area contributed by atoms with Crippen molar-refractivity contribution in [3.8, 4) is 0 Å². The van der Waals surface area contributed by atoms with E-state index >= 15 is 0 Å². The van der Waals surface area contributed by atoms with Gasteiger partial charge in [0.2, 0.25) is 0 Å². The molecule has 0 saturated carbocycles. The van der Waals surface area contributed by atoms with Crippen LogP contribution in [0.3, 0.4) is 0 Å². The fourth-order valence-electron chi connectivity index (χ4n) is 1.53. The third kappa shape index (κ3) is 7.18. The van der Waals surface area contributed by atoms with E-state index in [1.165, 1.54) is 0 Å². The molecule has 1 aromatic carbocycles. The molecule has 1 unspecified atom stereocenters. The lowest BCUT2D eigenvalue weighted by Crippen LogP contribution is -2.39. The standard InChI is InChI=1S/C14H20F3NO/c1-13(2,3)18-9-12(19-10-14(15,16)17)11-7-5-4-6-8-11/h4-8,12,18H,9-10H2,1-3H3. The fraction of sp³-hybridized carbons (Fsp3) is 0.571. The highest BCUT2D eigenvalue weighted by atomic mass is 19.4. The monoisotopic (exact) mass is 275 g/mol. The Hall–Kier alpha value is -1.07. The van der Waals surface area contributed by atoms with Gasteiger partial charge < -0.3 is 10.1 Å². The quantitative estimate of drug-likeness (QED) is 0.884. The van der Waals surface area contributed by atoms with E-state index in [0.29, 0.717) is 6.54 Å². The summed E-state index contributed by atoms with van der Waals surface area (Å²) in [6.07, 6.45) is -4.92. The van der Waals surface area contributed by atoms with Gasteiger partial charge in [0.05, 0.1) is 6.10 Å². The molecular formula is C14H20F3NO. The number of hydrogen-bond acceptors (Lipinski definition) is 2. The smallest absolute Gasteiger partial charge is 0.363 e. The summed E-state index contributed by atoms with van der Waals surface area (Å²) in [4.78, 5) is 0. The molecule has 1 rings (SSSR count). The summed E-state index contributed by atoms with van der Waals surface area (Å²) in [5.41, 5.74) is 0.567. The summed E-state index contributed by atoms with van der Waals surface area (Å²) < 4.78 is 41.8. The maximum Gasteiger partial charge on any atom is 0.411 e. The molecule has 0 fully saturated rings. The minimum atomic E-state index is -4.31. The number of halogens is 3. The fourth-order valence-corrected chi connectivity index (χ4v) is 1.53. The first-order valence-electron chi connectivity index (χ1n) is 6.16. The molecule has 0 amide bonds. The Labute approximate surface area is 112 Å². The lowest BCUT2D eigenvalue weighted by molar-refractivity contribution is -0.186. The molecule has 0 spiro atoms. The lowest BCUT2D eigenvalue weighted by Gasteiger charge is -2.26. The van der Waals surface area contributed by atoms with E-state index in [9.17, 15) is 13.2 Å². The molecule has 0 bridgehead atoms. The number of hydrogen-bond donors (Lipinski definition) is 1. The first kappa shape index (κ1) is 16.0. The van der Waals surface area contributed by atoms with Crippen molar-refractivity contribution < 1.29 is 17.9 Å². The molecule has 1 N–H and O–H groups in total. The van der Waals surface area contributed by atoms with E-state index in [-0.39, 0.29) is 5.54 Å². The highest BCUT2D eigenvalue weighted by molar-refractivity contribution is 5.18. The van der Waals surface area contributed by atoms with Gasteiger partial charge in [0.25, 0.3) is 0 Å². The predicted molar refractivity (Wildman–Crippen MR) is 68.9 cm³/mol. The second kappa shape index (κ2) is 6.39. The maximum absolute atomic E-state index is 12.3. The molecule has 2 nitrogen and oxygen atoms in total. The van der Waals surface area contributed by atoms with Crippen molar-refractivity contribution in [2.45, 2.75) is 38.6 Å². The molecule has 0 aliphatic rings. The molecule has 5 heteroatoms. The van der Waals surface area contributed by atoms with Crippen LogP contribution in [-0.4, -0.2) is 24.9 Å². The Morgan fingerprint density at radius 3 is 2.16 bits per heavy atom. The third-order valence-corrected chi connectivity index (χ3v) is 2.44. The predicted octanol–water partition coefficient (Wildman–Crippen LogP) is 3.69. The van der Waals surface area contributed by atoms with Crippen molar-refractivity contribution >= 4 is 0 Å². The molecule has 1 aromatic rings. The Bertz CT molecular complexity index is 353. The lowest BCUT2D eigenvalue weighted by atomic mass is 10.1. The Balaban J connectivity index is 2.68.